The number of aryl methyl sites for hydroxylation is 1. The van der Waals surface area contributed by atoms with Crippen molar-refractivity contribution < 1.29 is 14.6 Å². The number of methoxy groups -OCH3 is 1. The minimum atomic E-state index is -0.571. The first-order valence-corrected chi connectivity index (χ1v) is 6.10. The minimum Gasteiger partial charge on any atom is -0.508 e. The fraction of sp³-hybridized carbons (Fsp3) is 0.500. The number of isocyanates is 1. The Bertz CT molecular complexity index is 498. The second kappa shape index (κ2) is 4.83. The Labute approximate surface area is 106 Å². The van der Waals surface area contributed by atoms with Gasteiger partial charge in [0.2, 0.25) is 6.08 Å². The fourth-order valence-electron chi connectivity index (χ4n) is 2.69. The molecular weight excluding hydrogens is 230 g/mol. The van der Waals surface area contributed by atoms with Gasteiger partial charge in [0.25, 0.3) is 0 Å². The lowest BCUT2D eigenvalue weighted by Crippen LogP contribution is -2.20. The summed E-state index contributed by atoms with van der Waals surface area (Å²) in [6.45, 7) is 1.81. The lowest BCUT2D eigenvalue weighted by molar-refractivity contribution is 0.375. The zero-order chi connectivity index (χ0) is 13.2. The van der Waals surface area contributed by atoms with Crippen LogP contribution in [0.5, 0.6) is 11.5 Å². The Balaban J connectivity index is 2.60. The van der Waals surface area contributed by atoms with Crippen LogP contribution in [0.15, 0.2) is 17.1 Å². The molecule has 0 unspecified atom stereocenters. The lowest BCUT2D eigenvalue weighted by atomic mass is 9.87. The van der Waals surface area contributed by atoms with Crippen LogP contribution >= 0.6 is 0 Å². The van der Waals surface area contributed by atoms with E-state index in [0.29, 0.717) is 5.75 Å². The van der Waals surface area contributed by atoms with Crippen molar-refractivity contribution in [2.24, 2.45) is 4.99 Å². The van der Waals surface area contributed by atoms with E-state index < -0.39 is 5.54 Å². The number of hydrogen-bond acceptors (Lipinski definition) is 4. The zero-order valence-electron chi connectivity index (χ0n) is 10.7. The average molecular weight is 247 g/mol. The maximum absolute atomic E-state index is 10.7. The largest absolute Gasteiger partial charge is 0.508 e. The molecule has 0 radical (unpaired) electrons. The molecule has 0 saturated heterocycles. The summed E-state index contributed by atoms with van der Waals surface area (Å²) in [7, 11) is 1.59. The molecule has 1 N–H and O–H groups in total. The van der Waals surface area contributed by atoms with Gasteiger partial charge in [0, 0.05) is 5.56 Å². The van der Waals surface area contributed by atoms with E-state index in [9.17, 15) is 9.90 Å². The van der Waals surface area contributed by atoms with E-state index in [0.717, 1.165) is 36.8 Å². The molecule has 0 spiro atoms. The van der Waals surface area contributed by atoms with Crippen LogP contribution in [-0.4, -0.2) is 18.3 Å². The summed E-state index contributed by atoms with van der Waals surface area (Å²) >= 11 is 0. The zero-order valence-corrected chi connectivity index (χ0v) is 10.7. The highest BCUT2D eigenvalue weighted by Crippen LogP contribution is 2.47. The van der Waals surface area contributed by atoms with Gasteiger partial charge in [-0.25, -0.2) is 4.79 Å². The molecule has 1 aliphatic rings. The van der Waals surface area contributed by atoms with Gasteiger partial charge in [-0.15, -0.1) is 0 Å². The van der Waals surface area contributed by atoms with Gasteiger partial charge in [-0.05, 0) is 37.5 Å². The highest BCUT2D eigenvalue weighted by Gasteiger charge is 2.38. The summed E-state index contributed by atoms with van der Waals surface area (Å²) in [5, 5.41) is 9.87. The van der Waals surface area contributed by atoms with Crippen molar-refractivity contribution >= 4 is 6.08 Å². The van der Waals surface area contributed by atoms with Crippen LogP contribution < -0.4 is 4.74 Å². The van der Waals surface area contributed by atoms with E-state index in [1.54, 1.807) is 25.3 Å². The molecule has 1 aliphatic carbocycles. The Hall–Kier alpha value is -1.80. The molecule has 0 aliphatic heterocycles. The summed E-state index contributed by atoms with van der Waals surface area (Å²) in [5.41, 5.74) is 0.964. The number of phenolic OH excluding ortho intramolecular Hbond substituents is 1. The summed E-state index contributed by atoms with van der Waals surface area (Å²) in [5.74, 6) is 0.879. The van der Waals surface area contributed by atoms with Crippen molar-refractivity contribution in [2.75, 3.05) is 7.11 Å². The number of hydrogen-bond donors (Lipinski definition) is 1. The molecule has 0 atom stereocenters. The molecule has 1 aromatic carbocycles. The molecule has 18 heavy (non-hydrogen) atoms. The Morgan fingerprint density at radius 2 is 2.06 bits per heavy atom. The third-order valence-electron chi connectivity index (χ3n) is 3.71. The number of aromatic hydroxyl groups is 1. The molecule has 4 heteroatoms. The van der Waals surface area contributed by atoms with E-state index in [4.69, 9.17) is 4.74 Å². The van der Waals surface area contributed by atoms with E-state index in [2.05, 4.69) is 4.99 Å². The Morgan fingerprint density at radius 1 is 1.39 bits per heavy atom. The molecule has 0 heterocycles. The van der Waals surface area contributed by atoms with E-state index in [1.807, 2.05) is 6.92 Å². The molecule has 4 nitrogen and oxygen atoms in total. The second-order valence-corrected chi connectivity index (χ2v) is 4.78. The predicted octanol–water partition coefficient (Wildman–Crippen LogP) is 2.81. The number of aliphatic imine (C=N–C) groups is 1. The maximum Gasteiger partial charge on any atom is 0.235 e. The number of benzene rings is 1. The van der Waals surface area contributed by atoms with Crippen LogP contribution in [-0.2, 0) is 10.3 Å². The van der Waals surface area contributed by atoms with Crippen LogP contribution in [0, 0.1) is 6.92 Å². The lowest BCUT2D eigenvalue weighted by Gasteiger charge is -2.25. The maximum atomic E-state index is 10.7. The van der Waals surface area contributed by atoms with Crippen LogP contribution in [0.25, 0.3) is 0 Å². The van der Waals surface area contributed by atoms with E-state index in [1.165, 1.54) is 0 Å². The van der Waals surface area contributed by atoms with Crippen LogP contribution in [0.2, 0.25) is 0 Å². The number of carbonyl (C=O) groups excluding carboxylic acids is 1. The quantitative estimate of drug-likeness (QED) is 0.660. The van der Waals surface area contributed by atoms with Gasteiger partial charge in [0.15, 0.2) is 0 Å². The topological polar surface area (TPSA) is 58.9 Å². The average Bonchev–Trinajstić information content (AvgIpc) is 2.82. The predicted molar refractivity (Wildman–Crippen MR) is 67.7 cm³/mol. The molecule has 0 amide bonds. The van der Waals surface area contributed by atoms with Gasteiger partial charge >= 0.3 is 0 Å². The molecule has 1 fully saturated rings. The molecule has 1 aromatic rings. The van der Waals surface area contributed by atoms with Crippen LogP contribution in [0.3, 0.4) is 0 Å². The van der Waals surface area contributed by atoms with Gasteiger partial charge in [-0.1, -0.05) is 12.8 Å². The third kappa shape index (κ3) is 2.00. The first-order chi connectivity index (χ1) is 8.63. The summed E-state index contributed by atoms with van der Waals surface area (Å²) in [4.78, 5) is 14.7. The molecule has 0 bridgehead atoms. The first kappa shape index (κ1) is 12.7. The van der Waals surface area contributed by atoms with Crippen molar-refractivity contribution in [2.45, 2.75) is 38.1 Å². The summed E-state index contributed by atoms with van der Waals surface area (Å²) in [6, 6.07) is 3.45. The van der Waals surface area contributed by atoms with E-state index in [-0.39, 0.29) is 5.75 Å². The highest BCUT2D eigenvalue weighted by molar-refractivity contribution is 5.50. The second-order valence-electron chi connectivity index (χ2n) is 4.78. The van der Waals surface area contributed by atoms with Crippen molar-refractivity contribution in [3.05, 3.63) is 23.3 Å². The van der Waals surface area contributed by atoms with Crippen molar-refractivity contribution in [3.63, 3.8) is 0 Å². The van der Waals surface area contributed by atoms with Crippen molar-refractivity contribution in [1.29, 1.82) is 0 Å². The normalized spacial score (nSPS) is 17.2. The third-order valence-corrected chi connectivity index (χ3v) is 3.71. The van der Waals surface area contributed by atoms with Gasteiger partial charge in [0.1, 0.15) is 17.0 Å². The fourth-order valence-corrected chi connectivity index (χ4v) is 2.69. The number of ether oxygens (including phenoxy) is 1. The van der Waals surface area contributed by atoms with Crippen molar-refractivity contribution in [3.8, 4) is 11.5 Å². The molecule has 2 rings (SSSR count). The van der Waals surface area contributed by atoms with Crippen LogP contribution in [0.1, 0.15) is 36.8 Å². The summed E-state index contributed by atoms with van der Waals surface area (Å²) < 4.78 is 5.36. The Morgan fingerprint density at radius 3 is 2.61 bits per heavy atom. The van der Waals surface area contributed by atoms with Crippen LogP contribution in [0.4, 0.5) is 0 Å². The minimum absolute atomic E-state index is 0.207. The van der Waals surface area contributed by atoms with Gasteiger partial charge in [0.05, 0.1) is 7.11 Å². The summed E-state index contributed by atoms with van der Waals surface area (Å²) in [6.07, 6.45) is 5.29. The monoisotopic (exact) mass is 247 g/mol. The molecule has 96 valence electrons. The van der Waals surface area contributed by atoms with Gasteiger partial charge < -0.3 is 9.84 Å². The Kier molecular flexibility index (Phi) is 3.39. The highest BCUT2D eigenvalue weighted by atomic mass is 16.5. The standard InChI is InChI=1S/C14H17NO3/c1-10-7-13(18-2)11(8-12(10)17)14(15-9-16)5-3-4-6-14/h7-8,17H,3-6H2,1-2H3. The van der Waals surface area contributed by atoms with Crippen molar-refractivity contribution in [1.82, 2.24) is 0 Å². The molecule has 0 aromatic heterocycles. The SMILES string of the molecule is COc1cc(C)c(O)cc1C1(N=C=O)CCCC1. The molecule has 1 saturated carbocycles. The first-order valence-electron chi connectivity index (χ1n) is 6.10. The number of rotatable bonds is 3. The van der Waals surface area contributed by atoms with Gasteiger partial charge in [-0.2, -0.15) is 4.99 Å². The van der Waals surface area contributed by atoms with E-state index >= 15 is 0 Å². The smallest absolute Gasteiger partial charge is 0.235 e. The van der Waals surface area contributed by atoms with Gasteiger partial charge in [-0.3, -0.25) is 0 Å². The number of nitrogens with zero attached hydrogens (tertiary/aromatic N) is 1. The number of phenols is 1. The molecular formula is C14H17NO3.